The average Bonchev–Trinajstić information content (AvgIpc) is 3.14. The van der Waals surface area contributed by atoms with Gasteiger partial charge in [-0.15, -0.1) is 0 Å². The van der Waals surface area contributed by atoms with Gasteiger partial charge < -0.3 is 0 Å². The highest BCUT2D eigenvalue weighted by Crippen LogP contribution is 2.28. The number of aromatic amines is 1. The summed E-state index contributed by atoms with van der Waals surface area (Å²) in [5.41, 5.74) is 2.65. The number of hydrogen-bond donors (Lipinski definition) is 1. The molecule has 126 valence electrons. The van der Waals surface area contributed by atoms with Crippen molar-refractivity contribution in [3.63, 3.8) is 0 Å². The van der Waals surface area contributed by atoms with Gasteiger partial charge in [-0.2, -0.15) is 10.2 Å². The number of H-pyrrole nitrogens is 1. The van der Waals surface area contributed by atoms with Crippen molar-refractivity contribution in [2.75, 3.05) is 13.1 Å². The van der Waals surface area contributed by atoms with Crippen LogP contribution in [0, 0.1) is 0 Å². The molecule has 2 aromatic heterocycles. The van der Waals surface area contributed by atoms with Gasteiger partial charge in [0, 0.05) is 31.5 Å². The fraction of sp³-hybridized carbons (Fsp3) is 0.667. The van der Waals surface area contributed by atoms with Gasteiger partial charge in [0.25, 0.3) is 0 Å². The fourth-order valence-electron chi connectivity index (χ4n) is 3.24. The summed E-state index contributed by atoms with van der Waals surface area (Å²) in [7, 11) is 0. The van der Waals surface area contributed by atoms with Crippen molar-refractivity contribution >= 4 is 0 Å². The van der Waals surface area contributed by atoms with Crippen LogP contribution in [0.4, 0.5) is 0 Å². The van der Waals surface area contributed by atoms with Crippen molar-refractivity contribution in [3.05, 3.63) is 35.9 Å². The van der Waals surface area contributed by atoms with Gasteiger partial charge in [-0.3, -0.25) is 14.7 Å². The van der Waals surface area contributed by atoms with Crippen molar-refractivity contribution < 1.29 is 0 Å². The van der Waals surface area contributed by atoms with Gasteiger partial charge in [-0.25, -0.2) is 0 Å². The zero-order valence-corrected chi connectivity index (χ0v) is 14.7. The highest BCUT2D eigenvalue weighted by Gasteiger charge is 2.32. The third-order valence-electron chi connectivity index (χ3n) is 5.28. The Kier molecular flexibility index (Phi) is 4.85. The van der Waals surface area contributed by atoms with Crippen LogP contribution in [0.5, 0.6) is 0 Å². The summed E-state index contributed by atoms with van der Waals surface area (Å²) in [6, 6.07) is 1.19. The van der Waals surface area contributed by atoms with Crippen LogP contribution in [-0.2, 0) is 0 Å². The first-order chi connectivity index (χ1) is 11.0. The van der Waals surface area contributed by atoms with Crippen molar-refractivity contribution in [2.45, 2.75) is 64.5 Å². The molecule has 0 spiro atoms. The number of nitrogens with zero attached hydrogens (tertiary/aromatic N) is 4. The van der Waals surface area contributed by atoms with Crippen LogP contribution >= 0.6 is 0 Å². The van der Waals surface area contributed by atoms with E-state index in [0.29, 0.717) is 23.9 Å². The van der Waals surface area contributed by atoms with Crippen LogP contribution < -0.4 is 0 Å². The standard InChI is InChI=1S/C18H29N5/c1-13(2)17-9-21-23(10-17)18-11-22(12-18)15(4)6-5-14(3)16-7-19-20-8-16/h7-10,13-15,18H,5-6,11-12H2,1-4H3,(H,19,20). The van der Waals surface area contributed by atoms with Gasteiger partial charge in [-0.05, 0) is 42.7 Å². The van der Waals surface area contributed by atoms with Crippen LogP contribution in [0.3, 0.4) is 0 Å². The summed E-state index contributed by atoms with van der Waals surface area (Å²) in [6.07, 6.45) is 10.6. The molecular formula is C18H29N5. The molecule has 2 atom stereocenters. The molecule has 5 nitrogen and oxygen atoms in total. The maximum Gasteiger partial charge on any atom is 0.0773 e. The predicted molar refractivity (Wildman–Crippen MR) is 92.6 cm³/mol. The lowest BCUT2D eigenvalue weighted by molar-refractivity contribution is 0.0549. The zero-order chi connectivity index (χ0) is 16.4. The lowest BCUT2D eigenvalue weighted by Crippen LogP contribution is -2.51. The van der Waals surface area contributed by atoms with Crippen LogP contribution in [0.15, 0.2) is 24.8 Å². The number of hydrogen-bond acceptors (Lipinski definition) is 3. The van der Waals surface area contributed by atoms with E-state index in [9.17, 15) is 0 Å². The quantitative estimate of drug-likeness (QED) is 0.850. The fourth-order valence-corrected chi connectivity index (χ4v) is 3.24. The lowest BCUT2D eigenvalue weighted by Gasteiger charge is -2.43. The van der Waals surface area contributed by atoms with Gasteiger partial charge in [0.05, 0.1) is 18.4 Å². The Hall–Kier alpha value is -1.62. The minimum Gasteiger partial charge on any atom is -0.296 e. The second kappa shape index (κ2) is 6.87. The molecule has 1 N–H and O–H groups in total. The van der Waals surface area contributed by atoms with Gasteiger partial charge in [0.2, 0.25) is 0 Å². The molecular weight excluding hydrogens is 286 g/mol. The van der Waals surface area contributed by atoms with E-state index < -0.39 is 0 Å². The molecule has 1 fully saturated rings. The van der Waals surface area contributed by atoms with Gasteiger partial charge >= 0.3 is 0 Å². The first-order valence-corrected chi connectivity index (χ1v) is 8.81. The predicted octanol–water partition coefficient (Wildman–Crippen LogP) is 3.56. The maximum atomic E-state index is 4.54. The molecule has 0 aromatic carbocycles. The van der Waals surface area contributed by atoms with E-state index in [2.05, 4.69) is 58.8 Å². The molecule has 2 aromatic rings. The van der Waals surface area contributed by atoms with Gasteiger partial charge in [0.15, 0.2) is 0 Å². The molecule has 2 unspecified atom stereocenters. The molecule has 1 saturated heterocycles. The summed E-state index contributed by atoms with van der Waals surface area (Å²) in [5, 5.41) is 11.5. The Morgan fingerprint density at radius 1 is 1.13 bits per heavy atom. The number of aromatic nitrogens is 4. The molecule has 0 radical (unpaired) electrons. The SMILES string of the molecule is CC(C)c1cnn(C2CN(C(C)CCC(C)c3cn[nH]c3)C2)c1. The van der Waals surface area contributed by atoms with E-state index in [1.165, 1.54) is 24.0 Å². The maximum absolute atomic E-state index is 4.54. The summed E-state index contributed by atoms with van der Waals surface area (Å²) in [4.78, 5) is 2.57. The first kappa shape index (κ1) is 16.2. The minimum absolute atomic E-state index is 0.552. The highest BCUT2D eigenvalue weighted by molar-refractivity contribution is 5.10. The molecule has 5 heteroatoms. The van der Waals surface area contributed by atoms with Crippen LogP contribution in [-0.4, -0.2) is 44.0 Å². The Morgan fingerprint density at radius 2 is 1.91 bits per heavy atom. The molecule has 3 heterocycles. The van der Waals surface area contributed by atoms with Crippen molar-refractivity contribution in [1.29, 1.82) is 0 Å². The lowest BCUT2D eigenvalue weighted by atomic mass is 9.95. The molecule has 3 rings (SSSR count). The molecule has 0 aliphatic carbocycles. The van der Waals surface area contributed by atoms with Crippen LogP contribution in [0.25, 0.3) is 0 Å². The average molecular weight is 315 g/mol. The minimum atomic E-state index is 0.552. The van der Waals surface area contributed by atoms with Gasteiger partial charge in [-0.1, -0.05) is 20.8 Å². The number of rotatable bonds is 7. The monoisotopic (exact) mass is 315 g/mol. The Bertz CT molecular complexity index is 595. The van der Waals surface area contributed by atoms with E-state index in [0.717, 1.165) is 13.1 Å². The molecule has 0 saturated carbocycles. The van der Waals surface area contributed by atoms with Crippen molar-refractivity contribution in [3.8, 4) is 0 Å². The molecule has 23 heavy (non-hydrogen) atoms. The number of likely N-dealkylation sites (tertiary alicyclic amines) is 1. The van der Waals surface area contributed by atoms with Crippen molar-refractivity contribution in [1.82, 2.24) is 24.9 Å². The van der Waals surface area contributed by atoms with E-state index in [1.807, 2.05) is 18.6 Å². The van der Waals surface area contributed by atoms with E-state index in [1.54, 1.807) is 0 Å². The largest absolute Gasteiger partial charge is 0.296 e. The number of nitrogens with one attached hydrogen (secondary N) is 1. The topological polar surface area (TPSA) is 49.7 Å². The Morgan fingerprint density at radius 3 is 2.52 bits per heavy atom. The summed E-state index contributed by atoms with van der Waals surface area (Å²) >= 11 is 0. The summed E-state index contributed by atoms with van der Waals surface area (Å²) in [5.74, 6) is 1.14. The second-order valence-corrected chi connectivity index (χ2v) is 7.38. The van der Waals surface area contributed by atoms with E-state index in [4.69, 9.17) is 0 Å². The third kappa shape index (κ3) is 3.66. The molecule has 0 bridgehead atoms. The zero-order valence-electron chi connectivity index (χ0n) is 14.7. The smallest absolute Gasteiger partial charge is 0.0773 e. The first-order valence-electron chi connectivity index (χ1n) is 8.81. The highest BCUT2D eigenvalue weighted by atomic mass is 15.4. The van der Waals surface area contributed by atoms with Crippen LogP contribution in [0.2, 0.25) is 0 Å². The van der Waals surface area contributed by atoms with E-state index in [-0.39, 0.29) is 0 Å². The Balaban J connectivity index is 1.43. The second-order valence-electron chi connectivity index (χ2n) is 7.38. The van der Waals surface area contributed by atoms with E-state index >= 15 is 0 Å². The van der Waals surface area contributed by atoms with Gasteiger partial charge in [0.1, 0.15) is 0 Å². The summed E-state index contributed by atoms with van der Waals surface area (Å²) < 4.78 is 2.16. The Labute approximate surface area is 139 Å². The third-order valence-corrected chi connectivity index (χ3v) is 5.28. The molecule has 1 aliphatic rings. The summed E-state index contributed by atoms with van der Waals surface area (Å²) in [6.45, 7) is 11.3. The van der Waals surface area contributed by atoms with Crippen LogP contribution in [0.1, 0.15) is 69.5 Å². The molecule has 0 amide bonds. The normalized spacial score (nSPS) is 19.0. The van der Waals surface area contributed by atoms with Crippen molar-refractivity contribution in [2.24, 2.45) is 0 Å². The molecule has 1 aliphatic heterocycles.